The molecule has 6 heteroatoms. The Labute approximate surface area is 154 Å². The fraction of sp³-hybridized carbons (Fsp3) is 0.611. The van der Waals surface area contributed by atoms with Gasteiger partial charge in [-0.05, 0) is 99.6 Å². The van der Waals surface area contributed by atoms with Crippen molar-refractivity contribution < 1.29 is 9.82 Å². The van der Waals surface area contributed by atoms with Crippen molar-refractivity contribution in [1.82, 2.24) is 4.81 Å². The molecule has 0 spiro atoms. The molecule has 4 nitrogen and oxygen atoms in total. The third-order valence-corrected chi connectivity index (χ3v) is 5.62. The van der Waals surface area contributed by atoms with Gasteiger partial charge in [-0.3, -0.25) is 4.79 Å². The minimum Gasteiger partial charge on any atom is -0.437 e. The number of nitrogens with zero attached hydrogens (tertiary/aromatic N) is 2. The van der Waals surface area contributed by atoms with Crippen LogP contribution in [0.5, 0.6) is 0 Å². The highest BCUT2D eigenvalue weighted by molar-refractivity contribution is 9.10. The van der Waals surface area contributed by atoms with E-state index in [-0.39, 0.29) is 17.9 Å². The van der Waals surface area contributed by atoms with Crippen LogP contribution < -0.4 is 4.90 Å². The summed E-state index contributed by atoms with van der Waals surface area (Å²) in [6, 6.07) is 4.29. The largest absolute Gasteiger partial charge is 0.437 e. The molecule has 0 atom stereocenters. The van der Waals surface area contributed by atoms with E-state index in [1.807, 2.05) is 9.71 Å². The lowest BCUT2D eigenvalue weighted by atomic mass is 9.80. The van der Waals surface area contributed by atoms with Gasteiger partial charge in [0.15, 0.2) is 0 Å². The van der Waals surface area contributed by atoms with Gasteiger partial charge in [0.1, 0.15) is 0 Å². The zero-order chi connectivity index (χ0) is 18.0. The fourth-order valence-electron chi connectivity index (χ4n) is 3.32. The SMILES string of the molecule is CB(O)N1CCC(C(=O)N(c2cc(C)c(C)cc2Br)C(C)C)CC1. The summed E-state index contributed by atoms with van der Waals surface area (Å²) in [4.78, 5) is 17.1. The molecule has 1 aliphatic heterocycles. The lowest BCUT2D eigenvalue weighted by Crippen LogP contribution is -2.48. The molecule has 0 unspecified atom stereocenters. The Morgan fingerprint density at radius 2 is 1.83 bits per heavy atom. The van der Waals surface area contributed by atoms with Crippen LogP contribution in [0, 0.1) is 19.8 Å². The lowest BCUT2D eigenvalue weighted by molar-refractivity contribution is -0.123. The van der Waals surface area contributed by atoms with Crippen molar-refractivity contribution in [2.24, 2.45) is 5.92 Å². The van der Waals surface area contributed by atoms with Gasteiger partial charge >= 0.3 is 7.05 Å². The molecule has 1 heterocycles. The van der Waals surface area contributed by atoms with Gasteiger partial charge in [0, 0.05) is 16.4 Å². The Kier molecular flexibility index (Phi) is 6.51. The Balaban J connectivity index is 2.23. The number of hydrogen-bond acceptors (Lipinski definition) is 3. The second-order valence-electron chi connectivity index (χ2n) is 7.13. The van der Waals surface area contributed by atoms with Gasteiger partial charge in [0.05, 0.1) is 5.69 Å². The molecule has 1 fully saturated rings. The molecule has 1 amide bonds. The van der Waals surface area contributed by atoms with E-state index in [0.717, 1.165) is 36.1 Å². The van der Waals surface area contributed by atoms with Gasteiger partial charge in [-0.1, -0.05) is 0 Å². The lowest BCUT2D eigenvalue weighted by Gasteiger charge is -2.36. The number of rotatable bonds is 4. The highest BCUT2D eigenvalue weighted by Gasteiger charge is 2.33. The summed E-state index contributed by atoms with van der Waals surface area (Å²) < 4.78 is 0.967. The number of halogens is 1. The molecule has 0 aliphatic carbocycles. The normalized spacial score (nSPS) is 16.5. The summed E-state index contributed by atoms with van der Waals surface area (Å²) in [5, 5.41) is 9.69. The Morgan fingerprint density at radius 1 is 1.29 bits per heavy atom. The minimum atomic E-state index is -0.434. The van der Waals surface area contributed by atoms with Gasteiger partial charge in [-0.15, -0.1) is 0 Å². The minimum absolute atomic E-state index is 0.0240. The maximum Gasteiger partial charge on any atom is 0.376 e. The summed E-state index contributed by atoms with van der Waals surface area (Å²) in [6.45, 7) is 11.6. The molecular weight excluding hydrogens is 367 g/mol. The average Bonchev–Trinajstić information content (AvgIpc) is 2.52. The first-order chi connectivity index (χ1) is 11.2. The van der Waals surface area contributed by atoms with Gasteiger partial charge in [-0.2, -0.15) is 0 Å². The van der Waals surface area contributed by atoms with E-state index in [0.29, 0.717) is 0 Å². The molecule has 1 N–H and O–H groups in total. The van der Waals surface area contributed by atoms with Crippen LogP contribution in [-0.2, 0) is 4.79 Å². The Hall–Kier alpha value is -0.845. The van der Waals surface area contributed by atoms with Crippen molar-refractivity contribution in [3.8, 4) is 0 Å². The number of piperidine rings is 1. The summed E-state index contributed by atoms with van der Waals surface area (Å²) >= 11 is 3.64. The first kappa shape index (κ1) is 19.5. The van der Waals surface area contributed by atoms with Gasteiger partial charge in [-0.25, -0.2) is 0 Å². The molecule has 0 bridgehead atoms. The van der Waals surface area contributed by atoms with Crippen LogP contribution in [-0.4, -0.2) is 41.9 Å². The van der Waals surface area contributed by atoms with Crippen LogP contribution in [0.15, 0.2) is 16.6 Å². The zero-order valence-electron chi connectivity index (χ0n) is 15.3. The summed E-state index contributed by atoms with van der Waals surface area (Å²) in [7, 11) is -0.434. The Morgan fingerprint density at radius 3 is 2.33 bits per heavy atom. The van der Waals surface area contributed by atoms with E-state index in [1.54, 1.807) is 6.82 Å². The van der Waals surface area contributed by atoms with Crippen LogP contribution in [0.4, 0.5) is 5.69 Å². The van der Waals surface area contributed by atoms with Crippen molar-refractivity contribution in [2.45, 2.75) is 53.4 Å². The van der Waals surface area contributed by atoms with E-state index >= 15 is 0 Å². The molecule has 0 aromatic heterocycles. The third-order valence-electron chi connectivity index (χ3n) is 4.98. The number of amides is 1. The van der Waals surface area contributed by atoms with Crippen molar-refractivity contribution in [2.75, 3.05) is 18.0 Å². The monoisotopic (exact) mass is 394 g/mol. The summed E-state index contributed by atoms with van der Waals surface area (Å²) in [5.74, 6) is 0.218. The number of carbonyl (C=O) groups excluding carboxylic acids is 1. The van der Waals surface area contributed by atoms with Crippen molar-refractivity contribution in [3.05, 3.63) is 27.7 Å². The highest BCUT2D eigenvalue weighted by Crippen LogP contribution is 2.33. The molecule has 1 aromatic rings. The van der Waals surface area contributed by atoms with Crippen LogP contribution >= 0.6 is 15.9 Å². The standard InChI is InChI=1S/C18H28BBrN2O2/c1-12(2)22(17-11-14(4)13(3)10-16(17)20)18(23)15-6-8-21(9-7-15)19(5)24/h10-12,15,24H,6-9H2,1-5H3. The molecular formula is C18H28BBrN2O2. The molecule has 2 rings (SSSR count). The fourth-order valence-corrected chi connectivity index (χ4v) is 3.97. The van der Waals surface area contributed by atoms with Gasteiger partial charge < -0.3 is 14.7 Å². The predicted molar refractivity (Wildman–Crippen MR) is 104 cm³/mol. The summed E-state index contributed by atoms with van der Waals surface area (Å²) in [6.07, 6.45) is 1.60. The second kappa shape index (κ2) is 8.02. The van der Waals surface area contributed by atoms with E-state index in [4.69, 9.17) is 0 Å². The van der Waals surface area contributed by atoms with Crippen LogP contribution in [0.3, 0.4) is 0 Å². The Bertz CT molecular complexity index is 599. The van der Waals surface area contributed by atoms with E-state index in [1.165, 1.54) is 11.1 Å². The molecule has 0 saturated carbocycles. The van der Waals surface area contributed by atoms with Crippen LogP contribution in [0.1, 0.15) is 37.8 Å². The maximum atomic E-state index is 13.2. The zero-order valence-corrected chi connectivity index (χ0v) is 16.9. The van der Waals surface area contributed by atoms with E-state index in [9.17, 15) is 9.82 Å². The molecule has 1 aromatic carbocycles. The van der Waals surface area contributed by atoms with Crippen LogP contribution in [0.25, 0.3) is 0 Å². The quantitative estimate of drug-likeness (QED) is 0.793. The maximum absolute atomic E-state index is 13.2. The van der Waals surface area contributed by atoms with Crippen molar-refractivity contribution in [3.63, 3.8) is 0 Å². The number of carbonyl (C=O) groups is 1. The molecule has 24 heavy (non-hydrogen) atoms. The number of benzene rings is 1. The van der Waals surface area contributed by atoms with Gasteiger partial charge in [0.25, 0.3) is 0 Å². The molecule has 132 valence electrons. The molecule has 1 saturated heterocycles. The van der Waals surface area contributed by atoms with Crippen molar-refractivity contribution in [1.29, 1.82) is 0 Å². The third kappa shape index (κ3) is 4.21. The smallest absolute Gasteiger partial charge is 0.376 e. The first-order valence-corrected chi connectivity index (χ1v) is 9.53. The summed E-state index contributed by atoms with van der Waals surface area (Å²) in [5.41, 5.74) is 3.36. The van der Waals surface area contributed by atoms with E-state index in [2.05, 4.69) is 55.8 Å². The van der Waals surface area contributed by atoms with Crippen molar-refractivity contribution >= 4 is 34.6 Å². The second-order valence-corrected chi connectivity index (χ2v) is 7.99. The first-order valence-electron chi connectivity index (χ1n) is 8.74. The van der Waals surface area contributed by atoms with Gasteiger partial charge in [0.2, 0.25) is 5.91 Å². The van der Waals surface area contributed by atoms with Crippen LogP contribution in [0.2, 0.25) is 6.82 Å². The molecule has 1 aliphatic rings. The average molecular weight is 395 g/mol. The molecule has 0 radical (unpaired) electrons. The topological polar surface area (TPSA) is 43.8 Å². The number of anilines is 1. The van der Waals surface area contributed by atoms with E-state index < -0.39 is 7.05 Å². The predicted octanol–water partition coefficient (Wildman–Crippen LogP) is 3.63. The number of hydrogen-bond donors (Lipinski definition) is 1. The highest BCUT2D eigenvalue weighted by atomic mass is 79.9. The number of aryl methyl sites for hydroxylation is 2.